The Kier molecular flexibility index (Phi) is 4.48. The van der Waals surface area contributed by atoms with Crippen LogP contribution in [-0.4, -0.2) is 42.6 Å². The van der Waals surface area contributed by atoms with Gasteiger partial charge in [-0.1, -0.05) is 12.7 Å². The molecular weight excluding hydrogens is 234 g/mol. The van der Waals surface area contributed by atoms with Gasteiger partial charge in [0.25, 0.3) is 5.91 Å². The average Bonchev–Trinajstić information content (AvgIpc) is 2.34. The molecule has 1 aromatic carbocycles. The van der Waals surface area contributed by atoms with Crippen molar-refractivity contribution in [2.45, 2.75) is 0 Å². The first-order chi connectivity index (χ1) is 8.45. The molecule has 0 saturated carbocycles. The molecule has 0 fully saturated rings. The van der Waals surface area contributed by atoms with Crippen molar-refractivity contribution in [1.82, 2.24) is 4.90 Å². The third-order valence-electron chi connectivity index (χ3n) is 2.17. The van der Waals surface area contributed by atoms with Gasteiger partial charge in [0, 0.05) is 19.7 Å². The van der Waals surface area contributed by atoms with Crippen LogP contribution in [0.5, 0.6) is 5.75 Å². The van der Waals surface area contributed by atoms with E-state index in [-0.39, 0.29) is 23.6 Å². The monoisotopic (exact) mass is 249 g/mol. The van der Waals surface area contributed by atoms with Gasteiger partial charge in [0.2, 0.25) is 0 Å². The van der Waals surface area contributed by atoms with Crippen LogP contribution >= 0.6 is 0 Å². The number of carbonyl (C=O) groups excluding carboxylic acids is 1. The van der Waals surface area contributed by atoms with E-state index in [1.165, 1.54) is 23.1 Å². The zero-order valence-corrected chi connectivity index (χ0v) is 10.3. The minimum atomic E-state index is -1.10. The van der Waals surface area contributed by atoms with Gasteiger partial charge in [-0.3, -0.25) is 4.79 Å². The van der Waals surface area contributed by atoms with Crippen molar-refractivity contribution in [2.24, 2.45) is 0 Å². The van der Waals surface area contributed by atoms with E-state index < -0.39 is 5.97 Å². The Hall–Kier alpha value is -2.30. The van der Waals surface area contributed by atoms with Crippen molar-refractivity contribution in [1.29, 1.82) is 0 Å². The summed E-state index contributed by atoms with van der Waals surface area (Å²) in [5.74, 6) is -1.05. The van der Waals surface area contributed by atoms with Crippen molar-refractivity contribution >= 4 is 11.9 Å². The predicted octanol–water partition coefficient (Wildman–Crippen LogP) is 1.65. The Balaban J connectivity index is 3.17. The lowest BCUT2D eigenvalue weighted by atomic mass is 10.1. The van der Waals surface area contributed by atoms with E-state index in [0.717, 1.165) is 0 Å². The van der Waals surface area contributed by atoms with Gasteiger partial charge in [0.1, 0.15) is 12.4 Å². The number of carboxylic acid groups (broad SMARTS) is 1. The minimum Gasteiger partial charge on any atom is -0.490 e. The summed E-state index contributed by atoms with van der Waals surface area (Å²) in [6.07, 6.45) is 1.54. The van der Waals surface area contributed by atoms with Gasteiger partial charge >= 0.3 is 5.97 Å². The first-order valence-corrected chi connectivity index (χ1v) is 5.29. The molecule has 5 heteroatoms. The van der Waals surface area contributed by atoms with Crippen molar-refractivity contribution in [3.05, 3.63) is 42.0 Å². The first kappa shape index (κ1) is 13.8. The quantitative estimate of drug-likeness (QED) is 0.806. The Morgan fingerprint density at radius 2 is 1.94 bits per heavy atom. The fourth-order valence-electron chi connectivity index (χ4n) is 1.34. The highest BCUT2D eigenvalue weighted by atomic mass is 16.5. The molecule has 5 nitrogen and oxygen atoms in total. The number of carboxylic acids is 1. The average molecular weight is 249 g/mol. The zero-order valence-electron chi connectivity index (χ0n) is 10.3. The molecule has 0 atom stereocenters. The number of hydrogen-bond donors (Lipinski definition) is 1. The zero-order chi connectivity index (χ0) is 13.7. The van der Waals surface area contributed by atoms with Crippen LogP contribution in [0.3, 0.4) is 0 Å². The maximum Gasteiger partial charge on any atom is 0.335 e. The number of rotatable bonds is 5. The second-order valence-corrected chi connectivity index (χ2v) is 3.85. The van der Waals surface area contributed by atoms with Gasteiger partial charge in [-0.2, -0.15) is 0 Å². The highest BCUT2D eigenvalue weighted by Crippen LogP contribution is 2.18. The summed E-state index contributed by atoms with van der Waals surface area (Å²) < 4.78 is 5.26. The second kappa shape index (κ2) is 5.86. The molecule has 0 heterocycles. The Morgan fingerprint density at radius 1 is 1.33 bits per heavy atom. The van der Waals surface area contributed by atoms with Crippen LogP contribution in [0.1, 0.15) is 20.7 Å². The van der Waals surface area contributed by atoms with Gasteiger partial charge in [-0.15, -0.1) is 0 Å². The molecule has 0 saturated heterocycles. The Morgan fingerprint density at radius 3 is 2.44 bits per heavy atom. The lowest BCUT2D eigenvalue weighted by molar-refractivity contribution is 0.0696. The van der Waals surface area contributed by atoms with E-state index in [9.17, 15) is 9.59 Å². The summed E-state index contributed by atoms with van der Waals surface area (Å²) in [7, 11) is 3.19. The first-order valence-electron chi connectivity index (χ1n) is 5.29. The molecule has 0 aliphatic heterocycles. The molecule has 0 aliphatic carbocycles. The van der Waals surface area contributed by atoms with E-state index >= 15 is 0 Å². The second-order valence-electron chi connectivity index (χ2n) is 3.85. The lowest BCUT2D eigenvalue weighted by Crippen LogP contribution is -2.22. The number of nitrogens with zero attached hydrogens (tertiary/aromatic N) is 1. The van der Waals surface area contributed by atoms with Crippen LogP contribution in [0, 0.1) is 0 Å². The Bertz CT molecular complexity index is 480. The van der Waals surface area contributed by atoms with Gasteiger partial charge in [0.15, 0.2) is 0 Å². The van der Waals surface area contributed by atoms with Crippen molar-refractivity contribution < 1.29 is 19.4 Å². The maximum atomic E-state index is 11.8. The van der Waals surface area contributed by atoms with Crippen molar-refractivity contribution in [3.8, 4) is 5.75 Å². The topological polar surface area (TPSA) is 66.8 Å². The summed E-state index contributed by atoms with van der Waals surface area (Å²) in [6.45, 7) is 3.75. The molecule has 1 aromatic rings. The van der Waals surface area contributed by atoms with Gasteiger partial charge < -0.3 is 14.7 Å². The summed E-state index contributed by atoms with van der Waals surface area (Å²) >= 11 is 0. The number of benzene rings is 1. The summed E-state index contributed by atoms with van der Waals surface area (Å²) in [6, 6.07) is 4.21. The number of aromatic carboxylic acids is 1. The fourth-order valence-corrected chi connectivity index (χ4v) is 1.34. The summed E-state index contributed by atoms with van der Waals surface area (Å²) in [5, 5.41) is 8.98. The molecule has 0 spiro atoms. The normalized spacial score (nSPS) is 9.67. The van der Waals surface area contributed by atoms with E-state index in [2.05, 4.69) is 6.58 Å². The molecule has 1 rings (SSSR count). The van der Waals surface area contributed by atoms with Crippen molar-refractivity contribution in [3.63, 3.8) is 0 Å². The van der Waals surface area contributed by atoms with E-state index in [4.69, 9.17) is 9.84 Å². The molecule has 96 valence electrons. The van der Waals surface area contributed by atoms with Crippen LogP contribution in [-0.2, 0) is 0 Å². The van der Waals surface area contributed by atoms with E-state index in [1.807, 2.05) is 0 Å². The highest BCUT2D eigenvalue weighted by molar-refractivity contribution is 5.97. The Labute approximate surface area is 105 Å². The van der Waals surface area contributed by atoms with Crippen LogP contribution in [0.4, 0.5) is 0 Å². The largest absolute Gasteiger partial charge is 0.490 e. The molecule has 1 amide bonds. The molecule has 0 bridgehead atoms. The van der Waals surface area contributed by atoms with Crippen LogP contribution in [0.2, 0.25) is 0 Å². The standard InChI is InChI=1S/C13H15NO4/c1-4-5-18-11-7-9(12(15)14(2)3)6-10(8-11)13(16)17/h4,6-8H,1,5H2,2-3H3,(H,16,17). The summed E-state index contributed by atoms with van der Waals surface area (Å²) in [4.78, 5) is 24.1. The van der Waals surface area contributed by atoms with Crippen LogP contribution in [0.15, 0.2) is 30.9 Å². The van der Waals surface area contributed by atoms with E-state index in [1.54, 1.807) is 20.2 Å². The van der Waals surface area contributed by atoms with Crippen molar-refractivity contribution in [2.75, 3.05) is 20.7 Å². The fraction of sp³-hybridized carbons (Fsp3) is 0.231. The van der Waals surface area contributed by atoms with Gasteiger partial charge in [0.05, 0.1) is 5.56 Å². The van der Waals surface area contributed by atoms with Crippen LogP contribution in [0.25, 0.3) is 0 Å². The van der Waals surface area contributed by atoms with Gasteiger partial charge in [-0.05, 0) is 18.2 Å². The molecule has 0 aliphatic rings. The SMILES string of the molecule is C=CCOc1cc(C(=O)O)cc(C(=O)N(C)C)c1. The van der Waals surface area contributed by atoms with E-state index in [0.29, 0.717) is 5.75 Å². The molecule has 0 radical (unpaired) electrons. The highest BCUT2D eigenvalue weighted by Gasteiger charge is 2.14. The lowest BCUT2D eigenvalue weighted by Gasteiger charge is -2.12. The van der Waals surface area contributed by atoms with Crippen LogP contribution < -0.4 is 4.74 Å². The number of carbonyl (C=O) groups is 2. The molecule has 1 N–H and O–H groups in total. The molecule has 0 aromatic heterocycles. The third kappa shape index (κ3) is 3.35. The molecule has 0 unspecified atom stereocenters. The number of hydrogen-bond acceptors (Lipinski definition) is 3. The molecular formula is C13H15NO4. The smallest absolute Gasteiger partial charge is 0.335 e. The summed E-state index contributed by atoms with van der Waals surface area (Å²) in [5.41, 5.74) is 0.292. The third-order valence-corrected chi connectivity index (χ3v) is 2.17. The molecule has 18 heavy (non-hydrogen) atoms. The maximum absolute atomic E-state index is 11.8. The number of ether oxygens (including phenoxy) is 1. The van der Waals surface area contributed by atoms with Gasteiger partial charge in [-0.25, -0.2) is 4.79 Å². The predicted molar refractivity (Wildman–Crippen MR) is 67.1 cm³/mol. The minimum absolute atomic E-state index is 0.0155. The number of amides is 1.